The van der Waals surface area contributed by atoms with E-state index in [9.17, 15) is 0 Å². The Labute approximate surface area is 75.5 Å². The first-order valence-electron chi connectivity index (χ1n) is 2.62. The molecule has 0 aliphatic carbocycles. The van der Waals surface area contributed by atoms with Crippen LogP contribution in [0.25, 0.3) is 0 Å². The monoisotopic (exact) mass is 224 g/mol. The molecule has 0 amide bonds. The molecule has 0 radical (unpaired) electrons. The normalized spacial score (nSPS) is 15.7. The van der Waals surface area contributed by atoms with E-state index in [-0.39, 0.29) is 5.38 Å². The third kappa shape index (κ3) is 9.38. The van der Waals surface area contributed by atoms with Crippen molar-refractivity contribution in [1.29, 1.82) is 0 Å². The number of hydrogen-bond donors (Lipinski definition) is 0. The first-order chi connectivity index (χ1) is 3.92. The minimum Gasteiger partial charge on any atom is -0.126 e. The predicted molar refractivity (Wildman–Crippen MR) is 48.1 cm³/mol. The molecule has 5 heteroatoms. The molecule has 0 fully saturated rings. The molecule has 0 saturated heterocycles. The van der Waals surface area contributed by atoms with Crippen LogP contribution in [-0.2, 0) is 0 Å². The Bertz CT molecular complexity index is 77.1. The molecule has 0 aromatic heterocycles. The molecule has 0 bridgehead atoms. The Balaban J connectivity index is 3.28. The average Bonchev–Trinajstić information content (AvgIpc) is 1.59. The van der Waals surface area contributed by atoms with E-state index in [0.29, 0.717) is 6.04 Å². The molecule has 9 heavy (non-hydrogen) atoms. The fraction of sp³-hybridized carbons (Fsp3) is 1.00. The van der Waals surface area contributed by atoms with Gasteiger partial charge in [0, 0.05) is 5.38 Å². The highest BCUT2D eigenvalue weighted by molar-refractivity contribution is 7.64. The summed E-state index contributed by atoms with van der Waals surface area (Å²) in [5.74, 6) is 0. The minimum atomic E-state index is -2.39. The molecule has 0 N–H and O–H groups in total. The number of halogens is 4. The number of alkyl halides is 1. The van der Waals surface area contributed by atoms with Gasteiger partial charge in [-0.1, -0.05) is 0 Å². The molecule has 0 aromatic rings. The highest BCUT2D eigenvalue weighted by atomic mass is 35.8. The van der Waals surface area contributed by atoms with Gasteiger partial charge >= 0.3 is 6.00 Å². The van der Waals surface area contributed by atoms with Crippen LogP contribution in [0.3, 0.4) is 0 Å². The summed E-state index contributed by atoms with van der Waals surface area (Å²) in [4.78, 5) is 0. The van der Waals surface area contributed by atoms with Crippen molar-refractivity contribution in [1.82, 2.24) is 0 Å². The zero-order valence-corrected chi connectivity index (χ0v) is 9.03. The quantitative estimate of drug-likeness (QED) is 0.391. The van der Waals surface area contributed by atoms with E-state index in [2.05, 4.69) is 0 Å². The summed E-state index contributed by atoms with van der Waals surface area (Å²) in [6.45, 7) is 1.90. The molecule has 0 aromatic carbocycles. The van der Waals surface area contributed by atoms with Gasteiger partial charge in [0.2, 0.25) is 0 Å². The molecule has 1 atom stereocenters. The molecule has 1 unspecified atom stereocenters. The fourth-order valence-electron chi connectivity index (χ4n) is 0.363. The molecule has 56 valence electrons. The van der Waals surface area contributed by atoms with Gasteiger partial charge in [0.25, 0.3) is 0 Å². The Morgan fingerprint density at radius 3 is 1.89 bits per heavy atom. The third-order valence-corrected chi connectivity index (χ3v) is 3.60. The summed E-state index contributed by atoms with van der Waals surface area (Å²) in [7, 11) is 0. The summed E-state index contributed by atoms with van der Waals surface area (Å²) in [6, 6.07) is -1.73. The Morgan fingerprint density at radius 2 is 1.78 bits per heavy atom. The predicted octanol–water partition coefficient (Wildman–Crippen LogP) is 3.66. The molecule has 0 spiro atoms. The van der Waals surface area contributed by atoms with Gasteiger partial charge < -0.3 is 0 Å². The van der Waals surface area contributed by atoms with Gasteiger partial charge in [0.15, 0.2) is 0 Å². The van der Waals surface area contributed by atoms with E-state index < -0.39 is 6.00 Å². The fourth-order valence-corrected chi connectivity index (χ4v) is 2.40. The minimum absolute atomic E-state index is 0.119. The smallest absolute Gasteiger partial charge is 0.126 e. The molecule has 0 nitrogen and oxygen atoms in total. The largest absolute Gasteiger partial charge is 0.341 e. The van der Waals surface area contributed by atoms with Crippen LogP contribution < -0.4 is 0 Å². The molecule has 0 aliphatic heterocycles. The highest BCUT2D eigenvalue weighted by Gasteiger charge is 2.24. The molecule has 0 heterocycles. The maximum absolute atomic E-state index is 5.63. The standard InChI is InChI=1S/C4H8Cl4Si/c1-4(5)2-3-9(6,7)8/h4H,2-3H2,1H3. The Morgan fingerprint density at radius 1 is 1.33 bits per heavy atom. The molecular weight excluding hydrogens is 218 g/mol. The van der Waals surface area contributed by atoms with E-state index in [1.165, 1.54) is 0 Å². The van der Waals surface area contributed by atoms with Crippen molar-refractivity contribution in [3.05, 3.63) is 0 Å². The van der Waals surface area contributed by atoms with Crippen molar-refractivity contribution in [2.24, 2.45) is 0 Å². The van der Waals surface area contributed by atoms with Crippen molar-refractivity contribution < 1.29 is 0 Å². The third-order valence-electron chi connectivity index (χ3n) is 0.826. The van der Waals surface area contributed by atoms with Crippen molar-refractivity contribution in [3.8, 4) is 0 Å². The average molecular weight is 226 g/mol. The zero-order chi connectivity index (χ0) is 7.49. The lowest BCUT2D eigenvalue weighted by molar-refractivity contribution is 0.889. The summed E-state index contributed by atoms with van der Waals surface area (Å²) in [5, 5.41) is 0.119. The van der Waals surface area contributed by atoms with Gasteiger partial charge in [-0.15, -0.1) is 44.8 Å². The molecule has 0 saturated carbocycles. The van der Waals surface area contributed by atoms with Gasteiger partial charge in [0.05, 0.1) is 0 Å². The Hall–Kier alpha value is 1.38. The maximum atomic E-state index is 5.63. The van der Waals surface area contributed by atoms with Crippen LogP contribution in [0.15, 0.2) is 0 Å². The van der Waals surface area contributed by atoms with Crippen LogP contribution >= 0.6 is 44.8 Å². The first kappa shape index (κ1) is 10.4. The maximum Gasteiger partial charge on any atom is 0.341 e. The molecular formula is C4H8Cl4Si. The Kier molecular flexibility index (Phi) is 4.95. The molecule has 0 aliphatic rings. The van der Waals surface area contributed by atoms with E-state index in [0.717, 1.165) is 6.42 Å². The first-order valence-corrected chi connectivity index (χ1v) is 8.30. The van der Waals surface area contributed by atoms with Gasteiger partial charge in [0.1, 0.15) is 0 Å². The molecule has 0 rings (SSSR count). The van der Waals surface area contributed by atoms with Crippen molar-refractivity contribution in [2.45, 2.75) is 24.8 Å². The number of hydrogen-bond acceptors (Lipinski definition) is 0. The summed E-state index contributed by atoms with van der Waals surface area (Å²) < 4.78 is 0. The van der Waals surface area contributed by atoms with Crippen LogP contribution in [0.4, 0.5) is 0 Å². The van der Waals surface area contributed by atoms with Gasteiger partial charge in [-0.2, -0.15) is 0 Å². The van der Waals surface area contributed by atoms with Crippen LogP contribution in [0, 0.1) is 0 Å². The van der Waals surface area contributed by atoms with Crippen molar-refractivity contribution in [3.63, 3.8) is 0 Å². The van der Waals surface area contributed by atoms with Crippen LogP contribution in [-0.4, -0.2) is 11.4 Å². The van der Waals surface area contributed by atoms with E-state index in [4.69, 9.17) is 44.8 Å². The summed E-state index contributed by atoms with van der Waals surface area (Å²) >= 11 is 22.4. The summed E-state index contributed by atoms with van der Waals surface area (Å²) in [5.41, 5.74) is 0. The lowest BCUT2D eigenvalue weighted by atomic mass is 10.4. The lowest BCUT2D eigenvalue weighted by Gasteiger charge is -2.07. The summed E-state index contributed by atoms with van der Waals surface area (Å²) in [6.07, 6.45) is 0.796. The second-order valence-corrected chi connectivity index (χ2v) is 12.0. The second-order valence-electron chi connectivity index (χ2n) is 1.93. The van der Waals surface area contributed by atoms with Crippen LogP contribution in [0.2, 0.25) is 6.04 Å². The van der Waals surface area contributed by atoms with E-state index in [1.54, 1.807) is 0 Å². The zero-order valence-electron chi connectivity index (χ0n) is 5.00. The van der Waals surface area contributed by atoms with E-state index in [1.807, 2.05) is 6.92 Å². The van der Waals surface area contributed by atoms with E-state index >= 15 is 0 Å². The lowest BCUT2D eigenvalue weighted by Crippen LogP contribution is -2.10. The topological polar surface area (TPSA) is 0 Å². The van der Waals surface area contributed by atoms with Gasteiger partial charge in [-0.3, -0.25) is 0 Å². The van der Waals surface area contributed by atoms with Crippen molar-refractivity contribution >= 4 is 50.8 Å². The highest BCUT2D eigenvalue weighted by Crippen LogP contribution is 2.27. The van der Waals surface area contributed by atoms with Crippen LogP contribution in [0.1, 0.15) is 13.3 Å². The second kappa shape index (κ2) is 4.30. The van der Waals surface area contributed by atoms with Gasteiger partial charge in [-0.05, 0) is 19.4 Å². The van der Waals surface area contributed by atoms with Gasteiger partial charge in [-0.25, -0.2) is 0 Å². The van der Waals surface area contributed by atoms with Crippen molar-refractivity contribution in [2.75, 3.05) is 0 Å². The number of rotatable bonds is 3. The SMILES string of the molecule is CC(Cl)CC[Si](Cl)(Cl)Cl. The van der Waals surface area contributed by atoms with Crippen LogP contribution in [0.5, 0.6) is 0 Å².